The first kappa shape index (κ1) is 19.0. The van der Waals surface area contributed by atoms with Crippen LogP contribution in [0.25, 0.3) is 0 Å². The molecular weight excluding hydrogens is 306 g/mol. The lowest BCUT2D eigenvalue weighted by molar-refractivity contribution is -0.122. The van der Waals surface area contributed by atoms with Gasteiger partial charge >= 0.3 is 0 Å². The average Bonchev–Trinajstić information content (AvgIpc) is 3.38. The van der Waals surface area contributed by atoms with Crippen molar-refractivity contribution in [2.45, 2.75) is 32.8 Å². The third-order valence-electron chi connectivity index (χ3n) is 4.23. The Hall–Kier alpha value is -1.34. The number of morpholine rings is 1. The first-order chi connectivity index (χ1) is 11.6. The Morgan fingerprint density at radius 2 is 2.00 bits per heavy atom. The molecule has 0 radical (unpaired) electrons. The number of rotatable bonds is 8. The molecule has 1 saturated carbocycles. The lowest BCUT2D eigenvalue weighted by Gasteiger charge is -2.34. The van der Waals surface area contributed by atoms with Crippen LogP contribution >= 0.6 is 0 Å². The summed E-state index contributed by atoms with van der Waals surface area (Å²) in [6, 6.07) is 0. The number of guanidine groups is 1. The van der Waals surface area contributed by atoms with E-state index in [1.54, 1.807) is 7.05 Å². The van der Waals surface area contributed by atoms with Gasteiger partial charge in [-0.3, -0.25) is 14.7 Å². The second-order valence-corrected chi connectivity index (χ2v) is 7.09. The molecule has 2 rings (SSSR count). The maximum absolute atomic E-state index is 11.6. The van der Waals surface area contributed by atoms with E-state index in [9.17, 15) is 4.79 Å². The van der Waals surface area contributed by atoms with Gasteiger partial charge in [-0.1, -0.05) is 13.8 Å². The maximum atomic E-state index is 11.6. The summed E-state index contributed by atoms with van der Waals surface area (Å²) in [6.45, 7) is 10.4. The molecule has 0 spiro atoms. The van der Waals surface area contributed by atoms with Crippen LogP contribution in [-0.2, 0) is 9.53 Å². The first-order valence-electron chi connectivity index (χ1n) is 9.14. The minimum Gasteiger partial charge on any atom is -0.374 e. The predicted molar refractivity (Wildman–Crippen MR) is 96.1 cm³/mol. The quantitative estimate of drug-likeness (QED) is 0.330. The van der Waals surface area contributed by atoms with E-state index in [-0.39, 0.29) is 17.9 Å². The van der Waals surface area contributed by atoms with Crippen molar-refractivity contribution in [2.75, 3.05) is 52.9 Å². The Balaban J connectivity index is 1.59. The van der Waals surface area contributed by atoms with E-state index >= 15 is 0 Å². The van der Waals surface area contributed by atoms with E-state index in [0.29, 0.717) is 19.0 Å². The lowest BCUT2D eigenvalue weighted by Crippen LogP contribution is -2.50. The number of nitrogens with zero attached hydrogens (tertiary/aromatic N) is 2. The number of aliphatic imine (C=N–C) groups is 1. The van der Waals surface area contributed by atoms with Gasteiger partial charge in [0.2, 0.25) is 5.91 Å². The molecule has 1 unspecified atom stereocenters. The van der Waals surface area contributed by atoms with Crippen LogP contribution in [0.3, 0.4) is 0 Å². The summed E-state index contributed by atoms with van der Waals surface area (Å²) in [5.41, 5.74) is 0. The van der Waals surface area contributed by atoms with E-state index in [1.807, 2.05) is 0 Å². The fraction of sp³-hybridized carbons (Fsp3) is 0.882. The molecular formula is C17H33N5O2. The summed E-state index contributed by atoms with van der Waals surface area (Å²) in [5.74, 6) is 1.87. The summed E-state index contributed by atoms with van der Waals surface area (Å²) in [4.78, 5) is 18.2. The number of hydrogen-bond acceptors (Lipinski definition) is 4. The molecule has 7 heteroatoms. The maximum Gasteiger partial charge on any atom is 0.223 e. The minimum absolute atomic E-state index is 0.181. The molecule has 7 nitrogen and oxygen atoms in total. The molecule has 0 aromatic carbocycles. The highest BCUT2D eigenvalue weighted by Crippen LogP contribution is 2.28. The summed E-state index contributed by atoms with van der Waals surface area (Å²) >= 11 is 0. The standard InChI is InChI=1S/C17H33N5O2/c1-13(2)11-22-8-9-24-15(12-22)10-21-17(18-3)20-7-6-19-16(23)14-4-5-14/h13-15H,4-12H2,1-3H3,(H,19,23)(H2,18,20,21). The molecule has 0 aromatic rings. The SMILES string of the molecule is CN=C(NCCNC(=O)C1CC1)NCC1CN(CC(C)C)CCO1. The highest BCUT2D eigenvalue weighted by atomic mass is 16.5. The van der Waals surface area contributed by atoms with Crippen LogP contribution in [-0.4, -0.2) is 75.8 Å². The van der Waals surface area contributed by atoms with Crippen molar-refractivity contribution >= 4 is 11.9 Å². The second kappa shape index (κ2) is 9.84. The number of hydrogen-bond donors (Lipinski definition) is 3. The van der Waals surface area contributed by atoms with Crippen LogP contribution in [0.1, 0.15) is 26.7 Å². The molecule has 1 aliphatic heterocycles. The van der Waals surface area contributed by atoms with Crippen molar-refractivity contribution in [3.63, 3.8) is 0 Å². The molecule has 138 valence electrons. The zero-order chi connectivity index (χ0) is 17.4. The van der Waals surface area contributed by atoms with E-state index < -0.39 is 0 Å². The third kappa shape index (κ3) is 7.05. The van der Waals surface area contributed by atoms with Gasteiger partial charge in [0.25, 0.3) is 0 Å². The molecule has 24 heavy (non-hydrogen) atoms. The molecule has 1 atom stereocenters. The predicted octanol–water partition coefficient (Wildman–Crippen LogP) is 0.0344. The zero-order valence-corrected chi connectivity index (χ0v) is 15.3. The van der Waals surface area contributed by atoms with Crippen molar-refractivity contribution in [3.05, 3.63) is 0 Å². The number of nitrogens with one attached hydrogen (secondary N) is 3. The van der Waals surface area contributed by atoms with Gasteiger partial charge in [-0.25, -0.2) is 0 Å². The van der Waals surface area contributed by atoms with Crippen LogP contribution in [0.2, 0.25) is 0 Å². The normalized spacial score (nSPS) is 22.5. The smallest absolute Gasteiger partial charge is 0.223 e. The molecule has 0 bridgehead atoms. The highest BCUT2D eigenvalue weighted by Gasteiger charge is 2.29. The van der Waals surface area contributed by atoms with Gasteiger partial charge in [0.1, 0.15) is 0 Å². The van der Waals surface area contributed by atoms with E-state index in [4.69, 9.17) is 4.74 Å². The Bertz CT molecular complexity index is 423. The van der Waals surface area contributed by atoms with Gasteiger partial charge in [0.05, 0.1) is 12.7 Å². The van der Waals surface area contributed by atoms with E-state index in [2.05, 4.69) is 39.7 Å². The van der Waals surface area contributed by atoms with Crippen molar-refractivity contribution in [2.24, 2.45) is 16.8 Å². The van der Waals surface area contributed by atoms with Gasteiger partial charge in [-0.05, 0) is 18.8 Å². The number of carbonyl (C=O) groups is 1. The molecule has 1 aliphatic carbocycles. The molecule has 1 saturated heterocycles. The largest absolute Gasteiger partial charge is 0.374 e. The van der Waals surface area contributed by atoms with Gasteiger partial charge < -0.3 is 20.7 Å². The van der Waals surface area contributed by atoms with E-state index in [1.165, 1.54) is 0 Å². The Morgan fingerprint density at radius 1 is 1.25 bits per heavy atom. The molecule has 1 amide bonds. The van der Waals surface area contributed by atoms with Crippen LogP contribution in [0, 0.1) is 11.8 Å². The topological polar surface area (TPSA) is 78.0 Å². The zero-order valence-electron chi connectivity index (χ0n) is 15.3. The van der Waals surface area contributed by atoms with Crippen molar-refractivity contribution in [1.29, 1.82) is 0 Å². The molecule has 0 aromatic heterocycles. The van der Waals surface area contributed by atoms with Gasteiger partial charge in [-0.2, -0.15) is 0 Å². The van der Waals surface area contributed by atoms with E-state index in [0.717, 1.165) is 51.6 Å². The Morgan fingerprint density at radius 3 is 2.67 bits per heavy atom. The van der Waals surface area contributed by atoms with Crippen LogP contribution in [0.5, 0.6) is 0 Å². The molecule has 3 N–H and O–H groups in total. The van der Waals surface area contributed by atoms with Crippen molar-refractivity contribution in [1.82, 2.24) is 20.9 Å². The first-order valence-corrected chi connectivity index (χ1v) is 9.14. The Labute approximate surface area is 145 Å². The van der Waals surface area contributed by atoms with Crippen molar-refractivity contribution < 1.29 is 9.53 Å². The van der Waals surface area contributed by atoms with Crippen molar-refractivity contribution in [3.8, 4) is 0 Å². The van der Waals surface area contributed by atoms with Crippen LogP contribution in [0.4, 0.5) is 0 Å². The third-order valence-corrected chi connectivity index (χ3v) is 4.23. The van der Waals surface area contributed by atoms with Gasteiger partial charge in [-0.15, -0.1) is 0 Å². The summed E-state index contributed by atoms with van der Waals surface area (Å²) in [5, 5.41) is 9.47. The fourth-order valence-electron chi connectivity index (χ4n) is 2.87. The van der Waals surface area contributed by atoms with Crippen LogP contribution in [0.15, 0.2) is 4.99 Å². The second-order valence-electron chi connectivity index (χ2n) is 7.09. The fourth-order valence-corrected chi connectivity index (χ4v) is 2.87. The number of ether oxygens (including phenoxy) is 1. The molecule has 2 aliphatic rings. The Kier molecular flexibility index (Phi) is 7.78. The summed E-state index contributed by atoms with van der Waals surface area (Å²) in [7, 11) is 1.75. The summed E-state index contributed by atoms with van der Waals surface area (Å²) < 4.78 is 5.83. The van der Waals surface area contributed by atoms with Crippen LogP contribution < -0.4 is 16.0 Å². The molecule has 1 heterocycles. The number of carbonyl (C=O) groups excluding carboxylic acids is 1. The lowest BCUT2D eigenvalue weighted by atomic mass is 10.2. The minimum atomic E-state index is 0.181. The van der Waals surface area contributed by atoms with Gasteiger partial charge in [0.15, 0.2) is 5.96 Å². The average molecular weight is 339 g/mol. The monoisotopic (exact) mass is 339 g/mol. The number of amides is 1. The summed E-state index contributed by atoms with van der Waals surface area (Å²) in [6.07, 6.45) is 2.26. The highest BCUT2D eigenvalue weighted by molar-refractivity contribution is 5.81. The molecule has 2 fully saturated rings. The van der Waals surface area contributed by atoms with Gasteiger partial charge in [0, 0.05) is 52.2 Å².